The molecule has 0 unspecified atom stereocenters. The van der Waals surface area contributed by atoms with Crippen LogP contribution < -0.4 is 10.6 Å². The van der Waals surface area contributed by atoms with Crippen molar-refractivity contribution in [2.24, 2.45) is 7.05 Å². The minimum Gasteiger partial charge on any atom is -0.333 e. The van der Waals surface area contributed by atoms with Gasteiger partial charge in [0.05, 0.1) is 29.0 Å². The molecule has 0 radical (unpaired) electrons. The van der Waals surface area contributed by atoms with E-state index in [1.165, 1.54) is 12.4 Å². The maximum atomic E-state index is 13.2. The second kappa shape index (κ2) is 7.91. The number of amides is 2. The third-order valence-electron chi connectivity index (χ3n) is 4.44. The molecule has 0 fully saturated rings. The SMILES string of the molecule is Cn1cc(NC(=O)NCc2cc(C(F)(F)F)nn2-c2cccc(Cl)c2)c2cncnc21. The van der Waals surface area contributed by atoms with Crippen LogP contribution in [0, 0.1) is 0 Å². The first-order chi connectivity index (χ1) is 14.7. The summed E-state index contributed by atoms with van der Waals surface area (Å²) < 4.78 is 42.4. The number of carbonyl (C=O) groups is 1. The van der Waals surface area contributed by atoms with Crippen molar-refractivity contribution >= 4 is 34.4 Å². The number of fused-ring (bicyclic) bond motifs is 1. The lowest BCUT2D eigenvalue weighted by atomic mass is 10.3. The maximum Gasteiger partial charge on any atom is 0.435 e. The summed E-state index contributed by atoms with van der Waals surface area (Å²) in [6.45, 7) is -0.206. The Hall–Kier alpha value is -3.60. The Labute approximate surface area is 178 Å². The van der Waals surface area contributed by atoms with E-state index in [1.807, 2.05) is 0 Å². The lowest BCUT2D eigenvalue weighted by Crippen LogP contribution is -2.29. The molecule has 0 saturated carbocycles. The Morgan fingerprint density at radius 3 is 2.81 bits per heavy atom. The average Bonchev–Trinajstić information content (AvgIpc) is 3.29. The Kier molecular flexibility index (Phi) is 5.27. The van der Waals surface area contributed by atoms with Gasteiger partial charge in [0.2, 0.25) is 0 Å². The smallest absolute Gasteiger partial charge is 0.333 e. The van der Waals surface area contributed by atoms with Crippen LogP contribution in [0.2, 0.25) is 5.02 Å². The summed E-state index contributed by atoms with van der Waals surface area (Å²) in [7, 11) is 1.76. The third kappa shape index (κ3) is 4.31. The highest BCUT2D eigenvalue weighted by Crippen LogP contribution is 2.30. The van der Waals surface area contributed by atoms with E-state index >= 15 is 0 Å². The van der Waals surface area contributed by atoms with Crippen molar-refractivity contribution in [1.82, 2.24) is 29.6 Å². The van der Waals surface area contributed by atoms with E-state index in [0.717, 1.165) is 10.7 Å². The summed E-state index contributed by atoms with van der Waals surface area (Å²) >= 11 is 5.96. The van der Waals surface area contributed by atoms with E-state index in [-0.39, 0.29) is 12.2 Å². The second-order valence-electron chi connectivity index (χ2n) is 6.63. The van der Waals surface area contributed by atoms with Gasteiger partial charge >= 0.3 is 12.2 Å². The Balaban J connectivity index is 1.56. The topological polar surface area (TPSA) is 89.7 Å². The number of nitrogens with zero attached hydrogens (tertiary/aromatic N) is 5. The molecule has 0 bridgehead atoms. The molecular formula is C19H15ClF3N7O. The molecule has 0 saturated heterocycles. The van der Waals surface area contributed by atoms with Crippen molar-refractivity contribution in [3.05, 3.63) is 65.5 Å². The van der Waals surface area contributed by atoms with Crippen LogP contribution in [-0.2, 0) is 19.8 Å². The monoisotopic (exact) mass is 449 g/mol. The zero-order valence-electron chi connectivity index (χ0n) is 16.0. The van der Waals surface area contributed by atoms with Crippen molar-refractivity contribution in [3.63, 3.8) is 0 Å². The Bertz CT molecular complexity index is 1270. The molecule has 3 aromatic heterocycles. The lowest BCUT2D eigenvalue weighted by Gasteiger charge is -2.10. The fourth-order valence-corrected chi connectivity index (χ4v) is 3.26. The van der Waals surface area contributed by atoms with Crippen LogP contribution in [0.3, 0.4) is 0 Å². The number of hydrogen-bond donors (Lipinski definition) is 2. The zero-order valence-corrected chi connectivity index (χ0v) is 16.7. The number of hydrogen-bond acceptors (Lipinski definition) is 4. The summed E-state index contributed by atoms with van der Waals surface area (Å²) in [5.74, 6) is 0. The number of rotatable bonds is 4. The fraction of sp³-hybridized carbons (Fsp3) is 0.158. The first-order valence-electron chi connectivity index (χ1n) is 8.94. The molecule has 8 nitrogen and oxygen atoms in total. The van der Waals surface area contributed by atoms with Gasteiger partial charge in [0, 0.05) is 24.5 Å². The van der Waals surface area contributed by atoms with Gasteiger partial charge in [-0.05, 0) is 24.3 Å². The molecule has 3 heterocycles. The normalized spacial score (nSPS) is 11.6. The number of alkyl halides is 3. The average molecular weight is 450 g/mol. The fourth-order valence-electron chi connectivity index (χ4n) is 3.07. The van der Waals surface area contributed by atoms with Crippen LogP contribution >= 0.6 is 11.6 Å². The molecule has 2 amide bonds. The summed E-state index contributed by atoms with van der Waals surface area (Å²) in [6, 6.07) is 6.52. The standard InChI is InChI=1S/C19H15ClF3N7O/c1-29-9-15(14-8-24-10-26-17(14)29)27-18(31)25-7-13-6-16(19(21,22)23)28-30(13)12-4-2-3-11(20)5-12/h2-6,8-10H,7H2,1H3,(H2,25,27,31). The number of aryl methyl sites for hydroxylation is 1. The molecular weight excluding hydrogens is 435 g/mol. The second-order valence-corrected chi connectivity index (χ2v) is 7.07. The summed E-state index contributed by atoms with van der Waals surface area (Å²) in [6.07, 6.45) is -0.0239. The molecule has 12 heteroatoms. The molecule has 1 aromatic carbocycles. The van der Waals surface area contributed by atoms with Crippen LogP contribution in [0.15, 0.2) is 49.1 Å². The highest BCUT2D eigenvalue weighted by molar-refractivity contribution is 6.30. The predicted octanol–water partition coefficient (Wildman–Crippen LogP) is 4.15. The van der Waals surface area contributed by atoms with Crippen LogP contribution in [0.25, 0.3) is 16.7 Å². The lowest BCUT2D eigenvalue weighted by molar-refractivity contribution is -0.141. The highest BCUT2D eigenvalue weighted by atomic mass is 35.5. The number of halogens is 4. The quantitative estimate of drug-likeness (QED) is 0.490. The number of urea groups is 1. The molecule has 0 aliphatic rings. The largest absolute Gasteiger partial charge is 0.435 e. The Morgan fingerprint density at radius 1 is 1.26 bits per heavy atom. The number of aromatic nitrogens is 5. The van der Waals surface area contributed by atoms with Gasteiger partial charge in [-0.1, -0.05) is 17.7 Å². The van der Waals surface area contributed by atoms with Gasteiger partial charge in [0.1, 0.15) is 12.0 Å². The molecule has 4 rings (SSSR count). The summed E-state index contributed by atoms with van der Waals surface area (Å²) in [5.41, 5.74) is 0.488. The van der Waals surface area contributed by atoms with Crippen LogP contribution in [0.5, 0.6) is 0 Å². The van der Waals surface area contributed by atoms with Gasteiger partial charge in [-0.25, -0.2) is 19.4 Å². The van der Waals surface area contributed by atoms with E-state index in [9.17, 15) is 18.0 Å². The first-order valence-corrected chi connectivity index (χ1v) is 9.32. The maximum absolute atomic E-state index is 13.2. The summed E-state index contributed by atoms with van der Waals surface area (Å²) in [4.78, 5) is 20.5. The minimum absolute atomic E-state index is 0.131. The first kappa shape index (κ1) is 20.7. The molecule has 2 N–H and O–H groups in total. The molecule has 0 atom stereocenters. The molecule has 4 aromatic rings. The van der Waals surface area contributed by atoms with Gasteiger partial charge in [0.15, 0.2) is 5.69 Å². The van der Waals surface area contributed by atoms with E-state index < -0.39 is 17.9 Å². The van der Waals surface area contributed by atoms with E-state index in [1.54, 1.807) is 42.2 Å². The van der Waals surface area contributed by atoms with Crippen LogP contribution in [0.1, 0.15) is 11.4 Å². The van der Waals surface area contributed by atoms with Crippen molar-refractivity contribution in [1.29, 1.82) is 0 Å². The van der Waals surface area contributed by atoms with Gasteiger partial charge in [-0.3, -0.25) is 0 Å². The van der Waals surface area contributed by atoms with Gasteiger partial charge in [-0.2, -0.15) is 18.3 Å². The van der Waals surface area contributed by atoms with E-state index in [4.69, 9.17) is 11.6 Å². The van der Waals surface area contributed by atoms with Gasteiger partial charge in [-0.15, -0.1) is 0 Å². The number of carbonyl (C=O) groups excluding carboxylic acids is 1. The van der Waals surface area contributed by atoms with Crippen molar-refractivity contribution in [2.75, 3.05) is 5.32 Å². The summed E-state index contributed by atoms with van der Waals surface area (Å²) in [5, 5.41) is 9.82. The molecule has 0 spiro atoms. The molecule has 160 valence electrons. The van der Waals surface area contributed by atoms with Crippen molar-refractivity contribution in [3.8, 4) is 5.69 Å². The van der Waals surface area contributed by atoms with E-state index in [2.05, 4.69) is 25.7 Å². The molecule has 0 aliphatic heterocycles. The number of benzene rings is 1. The van der Waals surface area contributed by atoms with Crippen LogP contribution in [0.4, 0.5) is 23.7 Å². The van der Waals surface area contributed by atoms with Gasteiger partial charge in [0.25, 0.3) is 0 Å². The van der Waals surface area contributed by atoms with Gasteiger partial charge < -0.3 is 15.2 Å². The minimum atomic E-state index is -4.64. The molecule has 31 heavy (non-hydrogen) atoms. The Morgan fingerprint density at radius 2 is 2.06 bits per heavy atom. The third-order valence-corrected chi connectivity index (χ3v) is 4.68. The number of anilines is 1. The van der Waals surface area contributed by atoms with Crippen molar-refractivity contribution in [2.45, 2.75) is 12.7 Å². The zero-order chi connectivity index (χ0) is 22.2. The van der Waals surface area contributed by atoms with Crippen molar-refractivity contribution < 1.29 is 18.0 Å². The predicted molar refractivity (Wildman–Crippen MR) is 108 cm³/mol. The van der Waals surface area contributed by atoms with E-state index in [0.29, 0.717) is 27.4 Å². The highest BCUT2D eigenvalue weighted by Gasteiger charge is 2.35. The molecule has 0 aliphatic carbocycles. The number of nitrogens with one attached hydrogen (secondary N) is 2. The van der Waals surface area contributed by atoms with Crippen LogP contribution in [-0.4, -0.2) is 30.3 Å².